The number of aromatic amines is 2. The predicted molar refractivity (Wildman–Crippen MR) is 142 cm³/mol. The summed E-state index contributed by atoms with van der Waals surface area (Å²) in [6.07, 6.45) is 12.8. The zero-order valence-corrected chi connectivity index (χ0v) is 20.7. The Morgan fingerprint density at radius 2 is 1.56 bits per heavy atom. The van der Waals surface area contributed by atoms with E-state index in [4.69, 9.17) is 4.98 Å². The van der Waals surface area contributed by atoms with E-state index in [1.54, 1.807) is 0 Å². The molecule has 2 aromatic heterocycles. The van der Waals surface area contributed by atoms with Crippen molar-refractivity contribution in [1.82, 2.24) is 20.3 Å². The van der Waals surface area contributed by atoms with E-state index < -0.39 is 0 Å². The number of aromatic nitrogens is 3. The van der Waals surface area contributed by atoms with Crippen LogP contribution in [0.5, 0.6) is 0 Å². The third-order valence-electron chi connectivity index (χ3n) is 7.58. The highest BCUT2D eigenvalue weighted by molar-refractivity contribution is 5.85. The molecule has 0 saturated carbocycles. The second kappa shape index (κ2) is 10.2. The van der Waals surface area contributed by atoms with Crippen molar-refractivity contribution in [1.29, 1.82) is 0 Å². The van der Waals surface area contributed by atoms with Crippen LogP contribution >= 0.6 is 0 Å². The highest BCUT2D eigenvalue weighted by atomic mass is 15.1. The zero-order chi connectivity index (χ0) is 23.4. The maximum Gasteiger partial charge on any atom is 0.124 e. The molecule has 0 amide bonds. The Balaban J connectivity index is 1.56. The average molecular weight is 455 g/mol. The second-order valence-electron chi connectivity index (χ2n) is 9.97. The van der Waals surface area contributed by atoms with E-state index in [2.05, 4.69) is 83.7 Å². The van der Waals surface area contributed by atoms with Gasteiger partial charge in [-0.3, -0.25) is 5.32 Å². The maximum absolute atomic E-state index is 4.88. The van der Waals surface area contributed by atoms with Crippen molar-refractivity contribution in [2.75, 3.05) is 0 Å². The largest absolute Gasteiger partial charge is 0.357 e. The summed E-state index contributed by atoms with van der Waals surface area (Å²) in [4.78, 5) is 12.4. The van der Waals surface area contributed by atoms with Crippen LogP contribution in [0.2, 0.25) is 0 Å². The number of rotatable bonds is 10. The fourth-order valence-electron chi connectivity index (χ4n) is 5.80. The molecule has 3 N–H and O–H groups in total. The molecule has 1 aliphatic heterocycles. The summed E-state index contributed by atoms with van der Waals surface area (Å²) < 4.78 is 0. The van der Waals surface area contributed by atoms with E-state index in [0.29, 0.717) is 0 Å². The molecule has 4 heteroatoms. The molecule has 0 saturated heterocycles. The van der Waals surface area contributed by atoms with Crippen molar-refractivity contribution in [3.05, 3.63) is 77.9 Å². The zero-order valence-electron chi connectivity index (χ0n) is 20.7. The van der Waals surface area contributed by atoms with Gasteiger partial charge in [-0.1, -0.05) is 101 Å². The summed E-state index contributed by atoms with van der Waals surface area (Å²) in [7, 11) is 0. The topological polar surface area (TPSA) is 56.5 Å². The Kier molecular flexibility index (Phi) is 6.87. The molecule has 34 heavy (non-hydrogen) atoms. The quantitative estimate of drug-likeness (QED) is 0.214. The molecule has 4 aromatic rings. The number of fused-ring (bicyclic) bond motifs is 3. The minimum atomic E-state index is -0.0404. The summed E-state index contributed by atoms with van der Waals surface area (Å²) in [6.45, 7) is 4.59. The van der Waals surface area contributed by atoms with Gasteiger partial charge >= 0.3 is 0 Å². The van der Waals surface area contributed by atoms with Gasteiger partial charge in [-0.2, -0.15) is 0 Å². The first kappa shape index (κ1) is 22.9. The third kappa shape index (κ3) is 4.44. The summed E-state index contributed by atoms with van der Waals surface area (Å²) in [6, 6.07) is 19.5. The van der Waals surface area contributed by atoms with Crippen LogP contribution in [0.1, 0.15) is 88.3 Å². The molecule has 0 aliphatic carbocycles. The Hall–Kier alpha value is -2.85. The Labute approximate surface area is 203 Å². The number of unbranched alkanes of at least 4 members (excludes halogenated alkanes) is 4. The van der Waals surface area contributed by atoms with E-state index in [0.717, 1.165) is 30.8 Å². The smallest absolute Gasteiger partial charge is 0.124 e. The lowest BCUT2D eigenvalue weighted by Crippen LogP contribution is -2.49. The van der Waals surface area contributed by atoms with Crippen LogP contribution in [0.3, 0.4) is 0 Å². The monoisotopic (exact) mass is 454 g/mol. The van der Waals surface area contributed by atoms with Crippen molar-refractivity contribution in [3.63, 3.8) is 0 Å². The van der Waals surface area contributed by atoms with Crippen molar-refractivity contribution < 1.29 is 0 Å². The minimum Gasteiger partial charge on any atom is -0.357 e. The first-order valence-corrected chi connectivity index (χ1v) is 13.2. The predicted octanol–water partition coefficient (Wildman–Crippen LogP) is 7.80. The maximum atomic E-state index is 4.88. The lowest BCUT2D eigenvalue weighted by Gasteiger charge is -2.42. The molecular formula is C30H38N4. The molecule has 5 rings (SSSR count). The number of H-pyrrole nitrogens is 2. The van der Waals surface area contributed by atoms with Gasteiger partial charge in [0, 0.05) is 16.6 Å². The van der Waals surface area contributed by atoms with E-state index in [-0.39, 0.29) is 11.6 Å². The van der Waals surface area contributed by atoms with Crippen molar-refractivity contribution in [2.45, 2.75) is 83.2 Å². The van der Waals surface area contributed by atoms with Crippen LogP contribution in [0.4, 0.5) is 0 Å². The van der Waals surface area contributed by atoms with Crippen LogP contribution in [0.15, 0.2) is 60.8 Å². The van der Waals surface area contributed by atoms with Crippen LogP contribution in [0.25, 0.3) is 22.2 Å². The van der Waals surface area contributed by atoms with E-state index in [1.165, 1.54) is 66.2 Å². The van der Waals surface area contributed by atoms with Gasteiger partial charge in [0.25, 0.3) is 0 Å². The number of hydrogen-bond acceptors (Lipinski definition) is 2. The first-order valence-electron chi connectivity index (χ1n) is 13.2. The van der Waals surface area contributed by atoms with E-state index in [9.17, 15) is 0 Å². The van der Waals surface area contributed by atoms with Crippen molar-refractivity contribution in [2.24, 2.45) is 0 Å². The number of imidazole rings is 1. The Bertz CT molecular complexity index is 1190. The summed E-state index contributed by atoms with van der Waals surface area (Å²) in [5, 5.41) is 5.53. The molecule has 0 bridgehead atoms. The highest BCUT2D eigenvalue weighted by Gasteiger charge is 2.42. The van der Waals surface area contributed by atoms with Gasteiger partial charge in [0.05, 0.1) is 23.5 Å². The normalized spacial score (nSPS) is 17.2. The molecule has 178 valence electrons. The van der Waals surface area contributed by atoms with Gasteiger partial charge in [0.1, 0.15) is 5.82 Å². The number of nitrogens with one attached hydrogen (secondary N) is 3. The minimum absolute atomic E-state index is 0.0404. The molecule has 0 unspecified atom stereocenters. The number of benzene rings is 2. The molecule has 0 fully saturated rings. The standard InChI is InChI=1S/C30H38N4/c1-3-5-12-18-30(19-13-6-4-2)28-24(23-16-10-11-17-25(23)32-28)20-26(34-30)29-31-21-27(33-29)22-14-8-7-9-15-22/h7-11,14-17,21,26,32,34H,3-6,12-13,18-20H2,1-2H3,(H,31,33)/t26-/m1/s1. The third-order valence-corrected chi connectivity index (χ3v) is 7.58. The molecule has 0 radical (unpaired) electrons. The Morgan fingerprint density at radius 1 is 0.853 bits per heavy atom. The second-order valence-corrected chi connectivity index (χ2v) is 9.97. The lowest BCUT2D eigenvalue weighted by atomic mass is 9.77. The molecule has 0 spiro atoms. The van der Waals surface area contributed by atoms with Crippen LogP contribution < -0.4 is 5.32 Å². The molecule has 4 nitrogen and oxygen atoms in total. The van der Waals surface area contributed by atoms with Gasteiger partial charge < -0.3 is 9.97 Å². The van der Waals surface area contributed by atoms with Gasteiger partial charge in [0.15, 0.2) is 0 Å². The fraction of sp³-hybridized carbons (Fsp3) is 0.433. The fourth-order valence-corrected chi connectivity index (χ4v) is 5.80. The summed E-state index contributed by atoms with van der Waals surface area (Å²) in [5.74, 6) is 1.05. The average Bonchev–Trinajstić information content (AvgIpc) is 3.51. The van der Waals surface area contributed by atoms with Crippen molar-refractivity contribution in [3.8, 4) is 11.3 Å². The first-order chi connectivity index (χ1) is 16.7. The number of hydrogen-bond donors (Lipinski definition) is 3. The number of nitrogens with zero attached hydrogens (tertiary/aromatic N) is 1. The Morgan fingerprint density at radius 3 is 2.29 bits per heavy atom. The van der Waals surface area contributed by atoms with Crippen LogP contribution in [0, 0.1) is 0 Å². The van der Waals surface area contributed by atoms with Gasteiger partial charge in [0.2, 0.25) is 0 Å². The van der Waals surface area contributed by atoms with Crippen LogP contribution in [-0.4, -0.2) is 15.0 Å². The molecule has 1 aliphatic rings. The molecular weight excluding hydrogens is 416 g/mol. The van der Waals surface area contributed by atoms with E-state index >= 15 is 0 Å². The SMILES string of the molecule is CCCCCC1(CCCCC)N[C@@H](c2ncc(-c3ccccc3)[nH]2)Cc2c1[nH]c1ccccc21. The van der Waals surface area contributed by atoms with Gasteiger partial charge in [-0.05, 0) is 36.5 Å². The van der Waals surface area contributed by atoms with Gasteiger partial charge in [-0.15, -0.1) is 0 Å². The summed E-state index contributed by atoms with van der Waals surface area (Å²) in [5.41, 5.74) is 6.39. The lowest BCUT2D eigenvalue weighted by molar-refractivity contribution is 0.209. The van der Waals surface area contributed by atoms with Crippen molar-refractivity contribution >= 4 is 10.9 Å². The molecule has 1 atom stereocenters. The van der Waals surface area contributed by atoms with E-state index in [1.807, 2.05) is 6.20 Å². The molecule has 3 heterocycles. The van der Waals surface area contributed by atoms with Gasteiger partial charge in [-0.25, -0.2) is 4.98 Å². The highest BCUT2D eigenvalue weighted by Crippen LogP contribution is 2.44. The number of para-hydroxylation sites is 1. The van der Waals surface area contributed by atoms with Crippen LogP contribution in [-0.2, 0) is 12.0 Å². The summed E-state index contributed by atoms with van der Waals surface area (Å²) >= 11 is 0. The molecule has 2 aromatic carbocycles.